The summed E-state index contributed by atoms with van der Waals surface area (Å²) in [7, 11) is 0. The number of aromatic amines is 1. The summed E-state index contributed by atoms with van der Waals surface area (Å²) in [5, 5.41) is 18.8. The number of carbonyl (C=O) groups excluding carboxylic acids is 1. The summed E-state index contributed by atoms with van der Waals surface area (Å²) < 4.78 is 0. The van der Waals surface area contributed by atoms with Gasteiger partial charge in [-0.1, -0.05) is 30.3 Å². The third-order valence-corrected chi connectivity index (χ3v) is 5.86. The van der Waals surface area contributed by atoms with Crippen molar-refractivity contribution >= 4 is 28.2 Å². The number of nitrogens with zero attached hydrogens (tertiary/aromatic N) is 4. The molecule has 0 atom stereocenters. The highest BCUT2D eigenvalue weighted by atomic mass is 16.3. The average molecular weight is 406 g/mol. The van der Waals surface area contributed by atoms with Crippen LogP contribution in [0.1, 0.15) is 17.5 Å². The van der Waals surface area contributed by atoms with Gasteiger partial charge in [0, 0.05) is 50.2 Å². The van der Waals surface area contributed by atoms with Crippen LogP contribution in [0, 0.1) is 13.8 Å². The highest BCUT2D eigenvalue weighted by Crippen LogP contribution is 2.37. The Morgan fingerprint density at radius 2 is 1.80 bits per heavy atom. The van der Waals surface area contributed by atoms with Crippen molar-refractivity contribution in [2.75, 3.05) is 37.6 Å². The number of azo groups is 1. The number of piperazine rings is 1. The van der Waals surface area contributed by atoms with Gasteiger partial charge < -0.3 is 15.0 Å². The van der Waals surface area contributed by atoms with Crippen LogP contribution in [-0.2, 0) is 4.79 Å². The summed E-state index contributed by atoms with van der Waals surface area (Å²) in [5.74, 6) is -0.342. The second-order valence-electron chi connectivity index (χ2n) is 7.76. The monoisotopic (exact) mass is 405 g/mol. The Bertz CT molecular complexity index is 1070. The van der Waals surface area contributed by atoms with Crippen molar-refractivity contribution in [1.29, 1.82) is 0 Å². The molecule has 0 aliphatic carbocycles. The summed E-state index contributed by atoms with van der Waals surface area (Å²) in [6, 6.07) is 14.3. The fraction of sp³-hybridized carbons (Fsp3) is 0.348. The second kappa shape index (κ2) is 8.67. The normalized spacial score (nSPS) is 15.3. The predicted molar refractivity (Wildman–Crippen MR) is 119 cm³/mol. The number of aryl methyl sites for hydroxylation is 2. The first-order valence-corrected chi connectivity index (χ1v) is 10.3. The van der Waals surface area contributed by atoms with E-state index in [0.29, 0.717) is 18.7 Å². The fourth-order valence-corrected chi connectivity index (χ4v) is 3.86. The molecule has 1 amide bonds. The van der Waals surface area contributed by atoms with Gasteiger partial charge >= 0.3 is 0 Å². The van der Waals surface area contributed by atoms with E-state index in [1.54, 1.807) is 0 Å². The Labute approximate surface area is 176 Å². The van der Waals surface area contributed by atoms with Crippen LogP contribution in [0.2, 0.25) is 0 Å². The first kappa shape index (κ1) is 20.1. The van der Waals surface area contributed by atoms with Gasteiger partial charge in [-0.05, 0) is 37.1 Å². The van der Waals surface area contributed by atoms with E-state index in [2.05, 4.69) is 49.3 Å². The fourth-order valence-electron chi connectivity index (χ4n) is 3.86. The Morgan fingerprint density at radius 3 is 2.53 bits per heavy atom. The zero-order valence-corrected chi connectivity index (χ0v) is 17.4. The minimum absolute atomic E-state index is 0.0627. The van der Waals surface area contributed by atoms with Crippen LogP contribution in [0.25, 0.3) is 10.9 Å². The van der Waals surface area contributed by atoms with Crippen molar-refractivity contribution < 1.29 is 9.90 Å². The van der Waals surface area contributed by atoms with E-state index in [1.165, 1.54) is 5.69 Å². The molecule has 3 aromatic rings. The minimum atomic E-state index is -0.280. The van der Waals surface area contributed by atoms with Crippen molar-refractivity contribution in [3.8, 4) is 5.88 Å². The first-order valence-electron chi connectivity index (χ1n) is 10.3. The molecule has 30 heavy (non-hydrogen) atoms. The van der Waals surface area contributed by atoms with Gasteiger partial charge in [0.05, 0.1) is 5.52 Å². The molecule has 1 aliphatic heterocycles. The number of benzene rings is 2. The number of rotatable bonds is 5. The molecule has 2 aromatic carbocycles. The van der Waals surface area contributed by atoms with Gasteiger partial charge in [-0.2, -0.15) is 0 Å². The van der Waals surface area contributed by atoms with Gasteiger partial charge in [0.2, 0.25) is 5.88 Å². The molecule has 1 aromatic heterocycles. The number of nitrogens with one attached hydrogen (secondary N) is 1. The lowest BCUT2D eigenvalue weighted by atomic mass is 10.1. The maximum absolute atomic E-state index is 12.2. The van der Waals surface area contributed by atoms with Gasteiger partial charge in [0.15, 0.2) is 5.69 Å². The van der Waals surface area contributed by atoms with Crippen molar-refractivity contribution in [2.24, 2.45) is 10.2 Å². The number of para-hydroxylation sites is 1. The number of amides is 1. The van der Waals surface area contributed by atoms with E-state index >= 15 is 0 Å². The van der Waals surface area contributed by atoms with Gasteiger partial charge in [-0.25, -0.2) is 0 Å². The smallest absolute Gasteiger partial charge is 0.266 e. The molecular weight excluding hydrogens is 378 g/mol. The number of fused-ring (bicyclic) bond motifs is 1. The van der Waals surface area contributed by atoms with Gasteiger partial charge in [-0.3, -0.25) is 9.69 Å². The van der Waals surface area contributed by atoms with Gasteiger partial charge in [0.25, 0.3) is 5.91 Å². The van der Waals surface area contributed by atoms with E-state index in [0.717, 1.165) is 48.2 Å². The molecule has 0 spiro atoms. The summed E-state index contributed by atoms with van der Waals surface area (Å²) in [4.78, 5) is 19.8. The molecule has 0 radical (unpaired) electrons. The lowest BCUT2D eigenvalue weighted by Crippen LogP contribution is -2.46. The molecule has 1 saturated heterocycles. The molecule has 0 unspecified atom stereocenters. The molecule has 4 rings (SSSR count). The molecule has 0 saturated carbocycles. The number of hydrogen-bond donors (Lipinski definition) is 2. The van der Waals surface area contributed by atoms with Crippen LogP contribution >= 0.6 is 0 Å². The number of H-pyrrole nitrogens is 1. The number of carbonyl (C=O) groups is 1. The summed E-state index contributed by atoms with van der Waals surface area (Å²) in [6.45, 7) is 8.39. The highest BCUT2D eigenvalue weighted by molar-refractivity contribution is 5.96. The zero-order chi connectivity index (χ0) is 21.1. The Hall–Kier alpha value is -3.19. The van der Waals surface area contributed by atoms with E-state index in [-0.39, 0.29) is 11.8 Å². The Kier molecular flexibility index (Phi) is 5.81. The quantitative estimate of drug-likeness (QED) is 0.620. The largest absolute Gasteiger partial charge is 0.493 e. The average Bonchev–Trinajstić information content (AvgIpc) is 3.10. The third kappa shape index (κ3) is 4.21. The molecule has 2 heterocycles. The number of aromatic nitrogens is 1. The van der Waals surface area contributed by atoms with Gasteiger partial charge in [-0.15, -0.1) is 10.2 Å². The summed E-state index contributed by atoms with van der Waals surface area (Å²) >= 11 is 0. The minimum Gasteiger partial charge on any atom is -0.493 e. The van der Waals surface area contributed by atoms with Crippen molar-refractivity contribution in [2.45, 2.75) is 20.3 Å². The zero-order valence-electron chi connectivity index (χ0n) is 17.4. The van der Waals surface area contributed by atoms with Crippen LogP contribution < -0.4 is 4.90 Å². The molecule has 2 N–H and O–H groups in total. The Balaban J connectivity index is 1.32. The maximum Gasteiger partial charge on any atom is 0.266 e. The predicted octanol–water partition coefficient (Wildman–Crippen LogP) is 4.31. The van der Waals surface area contributed by atoms with Crippen molar-refractivity contribution in [1.82, 2.24) is 9.88 Å². The van der Waals surface area contributed by atoms with E-state index in [9.17, 15) is 9.90 Å². The first-order chi connectivity index (χ1) is 14.5. The Morgan fingerprint density at radius 1 is 1.07 bits per heavy atom. The molecule has 0 bridgehead atoms. The topological polar surface area (TPSA) is 84.3 Å². The molecule has 1 aliphatic rings. The SMILES string of the molecule is Cc1ccc2c(N=NC(=O)CCN3CCN(c4ccccc4)CC3)c(O)[nH]c2c1C. The summed E-state index contributed by atoms with van der Waals surface area (Å²) in [6.07, 6.45) is 0.316. The van der Waals surface area contributed by atoms with Crippen molar-refractivity contribution in [3.63, 3.8) is 0 Å². The van der Waals surface area contributed by atoms with E-state index in [4.69, 9.17) is 0 Å². The van der Waals surface area contributed by atoms with Crippen LogP contribution in [0.15, 0.2) is 52.7 Å². The molecule has 1 fully saturated rings. The summed E-state index contributed by atoms with van der Waals surface area (Å²) in [5.41, 5.74) is 4.55. The van der Waals surface area contributed by atoms with Crippen LogP contribution in [0.3, 0.4) is 0 Å². The van der Waals surface area contributed by atoms with E-state index < -0.39 is 0 Å². The molecular formula is C23H27N5O2. The van der Waals surface area contributed by atoms with Gasteiger partial charge in [0.1, 0.15) is 0 Å². The molecule has 7 heteroatoms. The second-order valence-corrected chi connectivity index (χ2v) is 7.76. The van der Waals surface area contributed by atoms with Crippen LogP contribution in [0.4, 0.5) is 11.4 Å². The maximum atomic E-state index is 12.2. The van der Waals surface area contributed by atoms with Crippen molar-refractivity contribution in [3.05, 3.63) is 53.6 Å². The van der Waals surface area contributed by atoms with E-state index in [1.807, 2.05) is 32.0 Å². The third-order valence-electron chi connectivity index (χ3n) is 5.86. The molecule has 7 nitrogen and oxygen atoms in total. The lowest BCUT2D eigenvalue weighted by Gasteiger charge is -2.35. The van der Waals surface area contributed by atoms with Crippen LogP contribution in [0.5, 0.6) is 5.88 Å². The lowest BCUT2D eigenvalue weighted by molar-refractivity contribution is -0.118. The highest BCUT2D eigenvalue weighted by Gasteiger charge is 2.18. The number of hydrogen-bond acceptors (Lipinski definition) is 5. The standard InChI is InChI=1S/C23H27N5O2/c1-16-8-9-19-21(17(16)2)24-23(30)22(19)26-25-20(29)10-11-27-12-14-28(15-13-27)18-6-4-3-5-7-18/h3-9,24,30H,10-15H2,1-2H3. The number of aromatic hydroxyl groups is 1. The van der Waals surface area contributed by atoms with Crippen LogP contribution in [-0.4, -0.2) is 53.6 Å². The molecule has 156 valence electrons. The number of anilines is 1.